The average Bonchev–Trinajstić information content (AvgIpc) is 3.06. The lowest BCUT2D eigenvalue weighted by Crippen LogP contribution is -2.43. The molecule has 2 rings (SSSR count). The van der Waals surface area contributed by atoms with Gasteiger partial charge in [-0.25, -0.2) is 10.1 Å². The number of amides is 1. The van der Waals surface area contributed by atoms with E-state index in [1.165, 1.54) is 12.2 Å². The van der Waals surface area contributed by atoms with Crippen molar-refractivity contribution in [1.29, 1.82) is 0 Å². The standard InChI is InChI=1S/C21H34N2O4Si/c1-21(2,3)28(6,7)26-15-17-18(13-14-19(24)23(4)25-5)27-20(22-17)16-11-9-8-10-12-16/h8-12,17-18H,13-15H2,1-7H3/t17-,18-/m0/s1. The molecule has 7 heteroatoms. The van der Waals surface area contributed by atoms with Crippen molar-refractivity contribution in [3.05, 3.63) is 35.9 Å². The third-order valence-corrected chi connectivity index (χ3v) is 10.2. The van der Waals surface area contributed by atoms with Crippen LogP contribution < -0.4 is 0 Å². The van der Waals surface area contributed by atoms with Crippen LogP contribution in [0.3, 0.4) is 0 Å². The molecule has 1 heterocycles. The van der Waals surface area contributed by atoms with Crippen molar-refractivity contribution < 1.29 is 18.8 Å². The summed E-state index contributed by atoms with van der Waals surface area (Å²) >= 11 is 0. The Balaban J connectivity index is 2.10. The monoisotopic (exact) mass is 406 g/mol. The number of aliphatic imine (C=N–C) groups is 1. The van der Waals surface area contributed by atoms with Gasteiger partial charge in [0.2, 0.25) is 11.8 Å². The normalized spacial score (nSPS) is 19.9. The second-order valence-electron chi connectivity index (χ2n) is 8.71. The number of rotatable bonds is 8. The van der Waals surface area contributed by atoms with Crippen molar-refractivity contribution in [2.75, 3.05) is 20.8 Å². The second kappa shape index (κ2) is 9.20. The van der Waals surface area contributed by atoms with E-state index in [2.05, 4.69) is 33.9 Å². The maximum Gasteiger partial charge on any atom is 0.245 e. The van der Waals surface area contributed by atoms with E-state index in [0.29, 0.717) is 25.3 Å². The number of carbonyl (C=O) groups excluding carboxylic acids is 1. The summed E-state index contributed by atoms with van der Waals surface area (Å²) in [5.74, 6) is 0.547. The van der Waals surface area contributed by atoms with Crippen LogP contribution in [-0.4, -0.2) is 58.1 Å². The second-order valence-corrected chi connectivity index (χ2v) is 13.5. The third-order valence-electron chi connectivity index (χ3n) is 5.68. The highest BCUT2D eigenvalue weighted by atomic mass is 28.4. The molecule has 1 aliphatic heterocycles. The van der Waals surface area contributed by atoms with Gasteiger partial charge in [-0.1, -0.05) is 39.0 Å². The smallest absolute Gasteiger partial charge is 0.245 e. The zero-order valence-corrected chi connectivity index (χ0v) is 19.2. The summed E-state index contributed by atoms with van der Waals surface area (Å²) in [7, 11) is 1.20. The molecule has 0 saturated heterocycles. The summed E-state index contributed by atoms with van der Waals surface area (Å²) in [5.41, 5.74) is 0.947. The predicted octanol–water partition coefficient (Wildman–Crippen LogP) is 4.02. The molecule has 1 aliphatic rings. The Morgan fingerprint density at radius 3 is 2.46 bits per heavy atom. The zero-order chi connectivity index (χ0) is 20.9. The molecule has 1 aromatic rings. The first-order chi connectivity index (χ1) is 13.0. The van der Waals surface area contributed by atoms with E-state index in [1.54, 1.807) is 7.05 Å². The van der Waals surface area contributed by atoms with Gasteiger partial charge < -0.3 is 9.16 Å². The van der Waals surface area contributed by atoms with Crippen molar-refractivity contribution in [3.8, 4) is 0 Å². The fourth-order valence-corrected chi connectivity index (χ4v) is 3.66. The molecular weight excluding hydrogens is 372 g/mol. The number of nitrogens with zero attached hydrogens (tertiary/aromatic N) is 2. The van der Waals surface area contributed by atoms with Crippen LogP contribution in [0.5, 0.6) is 0 Å². The van der Waals surface area contributed by atoms with Crippen molar-refractivity contribution in [2.45, 2.75) is 63.9 Å². The molecule has 0 unspecified atom stereocenters. The highest BCUT2D eigenvalue weighted by Gasteiger charge is 2.40. The van der Waals surface area contributed by atoms with Crippen molar-refractivity contribution in [1.82, 2.24) is 5.06 Å². The zero-order valence-electron chi connectivity index (χ0n) is 18.2. The first kappa shape index (κ1) is 22.6. The lowest BCUT2D eigenvalue weighted by molar-refractivity contribution is -0.169. The SMILES string of the molecule is CON(C)C(=O)CC[C@@H]1OC(c2ccccc2)=N[C@H]1CO[Si](C)(C)C(C)(C)C. The van der Waals surface area contributed by atoms with Gasteiger partial charge in [0.25, 0.3) is 0 Å². The van der Waals surface area contributed by atoms with Crippen LogP contribution in [0.25, 0.3) is 0 Å². The van der Waals surface area contributed by atoms with E-state index in [-0.39, 0.29) is 23.1 Å². The third kappa shape index (κ3) is 5.65. The maximum atomic E-state index is 12.1. The molecule has 0 aromatic heterocycles. The van der Waals surface area contributed by atoms with Crippen LogP contribution in [0.1, 0.15) is 39.2 Å². The Kier molecular flexibility index (Phi) is 7.42. The van der Waals surface area contributed by atoms with Crippen LogP contribution >= 0.6 is 0 Å². The minimum atomic E-state index is -1.89. The molecule has 0 saturated carbocycles. The quantitative estimate of drug-likeness (QED) is 0.483. The van der Waals surface area contributed by atoms with Crippen LogP contribution in [0, 0.1) is 0 Å². The summed E-state index contributed by atoms with van der Waals surface area (Å²) < 4.78 is 12.5. The molecule has 0 radical (unpaired) electrons. The van der Waals surface area contributed by atoms with Crippen LogP contribution in [0.15, 0.2) is 35.3 Å². The van der Waals surface area contributed by atoms with Gasteiger partial charge in [-0.2, -0.15) is 0 Å². The number of hydroxylamine groups is 2. The molecule has 156 valence electrons. The van der Waals surface area contributed by atoms with E-state index in [4.69, 9.17) is 19.0 Å². The lowest BCUT2D eigenvalue weighted by Gasteiger charge is -2.37. The number of ether oxygens (including phenoxy) is 1. The molecule has 0 fully saturated rings. The lowest BCUT2D eigenvalue weighted by atomic mass is 10.1. The molecule has 2 atom stereocenters. The maximum absolute atomic E-state index is 12.1. The van der Waals surface area contributed by atoms with Gasteiger partial charge in [0.05, 0.1) is 13.7 Å². The first-order valence-corrected chi connectivity index (χ1v) is 12.7. The van der Waals surface area contributed by atoms with Gasteiger partial charge in [-0.15, -0.1) is 0 Å². The molecule has 1 amide bonds. The van der Waals surface area contributed by atoms with E-state index < -0.39 is 8.32 Å². The molecule has 0 aliphatic carbocycles. The van der Waals surface area contributed by atoms with E-state index in [0.717, 1.165) is 5.56 Å². The van der Waals surface area contributed by atoms with Crippen molar-refractivity contribution in [2.24, 2.45) is 4.99 Å². The summed E-state index contributed by atoms with van der Waals surface area (Å²) in [6.45, 7) is 11.6. The summed E-state index contributed by atoms with van der Waals surface area (Å²) in [6.07, 6.45) is 0.718. The topological polar surface area (TPSA) is 60.4 Å². The van der Waals surface area contributed by atoms with Gasteiger partial charge in [0.1, 0.15) is 12.1 Å². The summed E-state index contributed by atoms with van der Waals surface area (Å²) in [5, 5.41) is 1.38. The fraction of sp³-hybridized carbons (Fsp3) is 0.619. The molecule has 0 spiro atoms. The predicted molar refractivity (Wildman–Crippen MR) is 114 cm³/mol. The van der Waals surface area contributed by atoms with Gasteiger partial charge in [0, 0.05) is 19.0 Å². The summed E-state index contributed by atoms with van der Waals surface area (Å²) in [4.78, 5) is 21.9. The van der Waals surface area contributed by atoms with Crippen molar-refractivity contribution in [3.63, 3.8) is 0 Å². The highest BCUT2D eigenvalue weighted by Crippen LogP contribution is 2.37. The highest BCUT2D eigenvalue weighted by molar-refractivity contribution is 6.74. The number of carbonyl (C=O) groups is 1. The van der Waals surface area contributed by atoms with Crippen LogP contribution in [0.2, 0.25) is 18.1 Å². The fourth-order valence-electron chi connectivity index (χ4n) is 2.64. The van der Waals surface area contributed by atoms with Gasteiger partial charge in [0.15, 0.2) is 8.32 Å². The minimum absolute atomic E-state index is 0.0803. The van der Waals surface area contributed by atoms with Gasteiger partial charge >= 0.3 is 0 Å². The number of hydrogen-bond donors (Lipinski definition) is 0. The van der Waals surface area contributed by atoms with Crippen LogP contribution in [-0.2, 0) is 18.8 Å². The van der Waals surface area contributed by atoms with Crippen molar-refractivity contribution >= 4 is 20.1 Å². The minimum Gasteiger partial charge on any atom is -0.472 e. The van der Waals surface area contributed by atoms with Gasteiger partial charge in [-0.3, -0.25) is 9.63 Å². The molecule has 6 nitrogen and oxygen atoms in total. The molecule has 0 N–H and O–H groups in total. The van der Waals surface area contributed by atoms with E-state index >= 15 is 0 Å². The van der Waals surface area contributed by atoms with Gasteiger partial charge in [-0.05, 0) is 36.7 Å². The largest absolute Gasteiger partial charge is 0.472 e. The number of benzene rings is 1. The Labute approximate surface area is 170 Å². The Morgan fingerprint density at radius 2 is 1.89 bits per heavy atom. The Bertz CT molecular complexity index is 685. The Morgan fingerprint density at radius 1 is 1.25 bits per heavy atom. The molecule has 0 bridgehead atoms. The molecule has 1 aromatic carbocycles. The van der Waals surface area contributed by atoms with Crippen LogP contribution in [0.4, 0.5) is 0 Å². The molecular formula is C21H34N2O4Si. The average molecular weight is 407 g/mol. The number of hydrogen-bond acceptors (Lipinski definition) is 5. The Hall–Kier alpha value is -1.70. The first-order valence-electron chi connectivity index (χ1n) is 9.79. The van der Waals surface area contributed by atoms with E-state index in [9.17, 15) is 4.79 Å². The molecule has 28 heavy (non-hydrogen) atoms. The summed E-state index contributed by atoms with van der Waals surface area (Å²) in [6, 6.07) is 9.74. The van der Waals surface area contributed by atoms with E-state index in [1.807, 2.05) is 30.3 Å².